The number of hydrogen-bond acceptors (Lipinski definition) is 7. The monoisotopic (exact) mass is 473 g/mol. The van der Waals surface area contributed by atoms with Crippen molar-refractivity contribution < 1.29 is 23.4 Å². The van der Waals surface area contributed by atoms with E-state index >= 15 is 0 Å². The summed E-state index contributed by atoms with van der Waals surface area (Å²) in [7, 11) is -2.58. The van der Waals surface area contributed by atoms with E-state index in [-0.39, 0.29) is 16.4 Å². The van der Waals surface area contributed by atoms with Crippen LogP contribution in [0.25, 0.3) is 16.2 Å². The van der Waals surface area contributed by atoms with Crippen molar-refractivity contribution in [3.8, 4) is 22.8 Å². The van der Waals surface area contributed by atoms with Gasteiger partial charge < -0.3 is 14.9 Å². The van der Waals surface area contributed by atoms with Gasteiger partial charge in [0.05, 0.1) is 29.0 Å². The molecule has 0 atom stereocenters. The van der Waals surface area contributed by atoms with Gasteiger partial charge in [-0.15, -0.1) is 0 Å². The summed E-state index contributed by atoms with van der Waals surface area (Å²) in [5.41, 5.74) is 1.40. The van der Waals surface area contributed by atoms with Crippen LogP contribution in [0.3, 0.4) is 0 Å². The number of imidazole rings is 1. The minimum absolute atomic E-state index is 0.0298. The summed E-state index contributed by atoms with van der Waals surface area (Å²) < 4.78 is 36.0. The van der Waals surface area contributed by atoms with Gasteiger partial charge in [-0.05, 0) is 63.2 Å². The number of nitrogens with one attached hydrogen (secondary N) is 1. The molecule has 8 nitrogen and oxygen atoms in total. The molecule has 0 aliphatic carbocycles. The number of benzene rings is 2. The van der Waals surface area contributed by atoms with E-state index in [2.05, 4.69) is 9.71 Å². The quantitative estimate of drug-likeness (QED) is 0.363. The third kappa shape index (κ3) is 4.04. The Bertz CT molecular complexity index is 1400. The fourth-order valence-corrected chi connectivity index (χ4v) is 5.64. The highest BCUT2D eigenvalue weighted by Crippen LogP contribution is 2.36. The molecule has 0 fully saturated rings. The van der Waals surface area contributed by atoms with Crippen LogP contribution in [0.1, 0.15) is 24.4 Å². The van der Waals surface area contributed by atoms with Gasteiger partial charge in [-0.3, -0.25) is 9.12 Å². The topological polar surface area (TPSA) is 113 Å². The maximum atomic E-state index is 13.2. The summed E-state index contributed by atoms with van der Waals surface area (Å²) in [5.74, 6) is 0.231. The van der Waals surface area contributed by atoms with E-state index < -0.39 is 15.6 Å². The molecule has 0 amide bonds. The number of thiazole rings is 1. The zero-order valence-corrected chi connectivity index (χ0v) is 19.6. The highest BCUT2D eigenvalue weighted by atomic mass is 32.2. The van der Waals surface area contributed by atoms with Crippen LogP contribution < -0.4 is 9.46 Å². The molecular formula is C22H23N3O5S2. The summed E-state index contributed by atoms with van der Waals surface area (Å²) in [6.07, 6.45) is 1.82. The lowest BCUT2D eigenvalue weighted by Crippen LogP contribution is -2.14. The first kappa shape index (κ1) is 22.1. The number of ether oxygens (including phenoxy) is 1. The number of fused-ring (bicyclic) bond motifs is 1. The number of phenols is 1. The predicted molar refractivity (Wildman–Crippen MR) is 124 cm³/mol. The normalized spacial score (nSPS) is 12.3. The fraction of sp³-hybridized carbons (Fsp3) is 0.227. The highest BCUT2D eigenvalue weighted by molar-refractivity contribution is 7.92. The van der Waals surface area contributed by atoms with Crippen LogP contribution in [0.5, 0.6) is 11.5 Å². The van der Waals surface area contributed by atoms with Crippen molar-refractivity contribution in [1.82, 2.24) is 9.38 Å². The first-order valence-electron chi connectivity index (χ1n) is 9.71. The predicted octanol–water partition coefficient (Wildman–Crippen LogP) is 4.11. The Morgan fingerprint density at radius 1 is 1.16 bits per heavy atom. The molecule has 0 bridgehead atoms. The molecule has 2 aromatic heterocycles. The van der Waals surface area contributed by atoms with Gasteiger partial charge in [0.1, 0.15) is 16.4 Å². The Hall–Kier alpha value is -3.08. The molecule has 0 spiro atoms. The van der Waals surface area contributed by atoms with Crippen molar-refractivity contribution in [2.45, 2.75) is 31.3 Å². The first-order chi connectivity index (χ1) is 15.0. The van der Waals surface area contributed by atoms with Crippen LogP contribution in [0, 0.1) is 6.92 Å². The summed E-state index contributed by atoms with van der Waals surface area (Å²) in [4.78, 5) is 6.01. The van der Waals surface area contributed by atoms with Crippen LogP contribution in [0.2, 0.25) is 0 Å². The van der Waals surface area contributed by atoms with E-state index in [0.29, 0.717) is 16.2 Å². The number of methoxy groups -OCH3 is 1. The lowest BCUT2D eigenvalue weighted by atomic mass is 10.1. The molecule has 3 N–H and O–H groups in total. The number of phenolic OH excluding ortho intramolecular Hbond substituents is 1. The molecule has 0 radical (unpaired) electrons. The second-order valence-corrected chi connectivity index (χ2v) is 10.5. The molecule has 32 heavy (non-hydrogen) atoms. The van der Waals surface area contributed by atoms with Gasteiger partial charge in [0, 0.05) is 17.4 Å². The van der Waals surface area contributed by atoms with Crippen molar-refractivity contribution in [2.75, 3.05) is 11.8 Å². The van der Waals surface area contributed by atoms with Gasteiger partial charge >= 0.3 is 0 Å². The molecule has 0 aliphatic heterocycles. The number of aromatic hydroxyl groups is 1. The molecule has 168 valence electrons. The third-order valence-corrected chi connectivity index (χ3v) is 7.65. The summed E-state index contributed by atoms with van der Waals surface area (Å²) in [5, 5.41) is 19.8. The van der Waals surface area contributed by atoms with Crippen molar-refractivity contribution in [1.29, 1.82) is 0 Å². The van der Waals surface area contributed by atoms with Crippen molar-refractivity contribution >= 4 is 32.0 Å². The molecule has 10 heteroatoms. The fourth-order valence-electron chi connectivity index (χ4n) is 3.36. The summed E-state index contributed by atoms with van der Waals surface area (Å²) >= 11 is 1.38. The minimum Gasteiger partial charge on any atom is -0.508 e. The lowest BCUT2D eigenvalue weighted by Gasteiger charge is -2.14. The lowest BCUT2D eigenvalue weighted by molar-refractivity contribution is 0.0822. The van der Waals surface area contributed by atoms with Crippen LogP contribution in [-0.4, -0.2) is 35.1 Å². The number of rotatable bonds is 6. The van der Waals surface area contributed by atoms with E-state index in [4.69, 9.17) is 4.74 Å². The SMILES string of the molecule is COc1ccc(-c2c(C)nc3sc(C(C)(C)O)cn23)cc1S(=O)(=O)Nc1ccc(O)cc1. The number of aryl methyl sites for hydroxylation is 1. The maximum Gasteiger partial charge on any atom is 0.265 e. The summed E-state index contributed by atoms with van der Waals surface area (Å²) in [6.45, 7) is 5.27. The summed E-state index contributed by atoms with van der Waals surface area (Å²) in [6, 6.07) is 10.6. The van der Waals surface area contributed by atoms with Gasteiger partial charge in [0.25, 0.3) is 10.0 Å². The molecule has 2 heterocycles. The Morgan fingerprint density at radius 2 is 1.84 bits per heavy atom. The second-order valence-electron chi connectivity index (χ2n) is 7.87. The van der Waals surface area contributed by atoms with E-state index in [0.717, 1.165) is 16.3 Å². The Kier molecular flexibility index (Phi) is 5.40. The number of sulfonamides is 1. The van der Waals surface area contributed by atoms with Gasteiger partial charge in [-0.2, -0.15) is 0 Å². The van der Waals surface area contributed by atoms with Gasteiger partial charge in [-0.1, -0.05) is 11.3 Å². The van der Waals surface area contributed by atoms with Gasteiger partial charge in [0.2, 0.25) is 0 Å². The van der Waals surface area contributed by atoms with Crippen LogP contribution >= 0.6 is 11.3 Å². The van der Waals surface area contributed by atoms with E-state index in [1.807, 2.05) is 17.5 Å². The van der Waals surface area contributed by atoms with Crippen LogP contribution in [0.4, 0.5) is 5.69 Å². The van der Waals surface area contributed by atoms with E-state index in [1.165, 1.54) is 42.7 Å². The zero-order chi connectivity index (χ0) is 23.3. The smallest absolute Gasteiger partial charge is 0.265 e. The molecule has 0 aliphatic rings. The molecular weight excluding hydrogens is 450 g/mol. The molecule has 0 saturated heterocycles. The maximum absolute atomic E-state index is 13.2. The van der Waals surface area contributed by atoms with Gasteiger partial charge in [-0.25, -0.2) is 13.4 Å². The first-order valence-corrected chi connectivity index (χ1v) is 12.0. The van der Waals surface area contributed by atoms with Crippen LogP contribution in [0.15, 0.2) is 53.6 Å². The molecule has 4 aromatic rings. The number of anilines is 1. The Balaban J connectivity index is 1.83. The van der Waals surface area contributed by atoms with E-state index in [9.17, 15) is 18.6 Å². The average molecular weight is 474 g/mol. The minimum atomic E-state index is -3.99. The van der Waals surface area contributed by atoms with Crippen molar-refractivity contribution in [3.05, 3.63) is 59.2 Å². The number of hydrogen-bond donors (Lipinski definition) is 3. The van der Waals surface area contributed by atoms with Gasteiger partial charge in [0.15, 0.2) is 4.96 Å². The van der Waals surface area contributed by atoms with Crippen LogP contribution in [-0.2, 0) is 15.6 Å². The number of aliphatic hydroxyl groups is 1. The zero-order valence-electron chi connectivity index (χ0n) is 17.9. The standard InChI is InChI=1S/C22H23N3O5S2/c1-13-20(25-12-19(22(2,3)27)31-21(25)23-13)14-5-10-17(30-4)18(11-14)32(28,29)24-15-6-8-16(26)9-7-15/h5-12,24,26-27H,1-4H3. The third-order valence-electron chi connectivity index (χ3n) is 4.95. The molecule has 2 aromatic carbocycles. The average Bonchev–Trinajstić information content (AvgIpc) is 3.26. The second kappa shape index (κ2) is 7.80. The Morgan fingerprint density at radius 3 is 2.47 bits per heavy atom. The highest BCUT2D eigenvalue weighted by Gasteiger charge is 2.25. The molecule has 4 rings (SSSR count). The number of nitrogens with zero attached hydrogens (tertiary/aromatic N) is 2. The number of aromatic nitrogens is 2. The van der Waals surface area contributed by atoms with Crippen molar-refractivity contribution in [2.24, 2.45) is 0 Å². The molecule has 0 unspecified atom stereocenters. The molecule has 0 saturated carbocycles. The van der Waals surface area contributed by atoms with Crippen molar-refractivity contribution in [3.63, 3.8) is 0 Å². The largest absolute Gasteiger partial charge is 0.508 e. The Labute approximate surface area is 189 Å². The van der Waals surface area contributed by atoms with E-state index in [1.54, 1.807) is 32.0 Å².